The quantitative estimate of drug-likeness (QED) is 0.864. The van der Waals surface area contributed by atoms with E-state index in [9.17, 15) is 4.79 Å². The average Bonchev–Trinajstić information content (AvgIpc) is 2.68. The van der Waals surface area contributed by atoms with Crippen molar-refractivity contribution in [2.24, 2.45) is 0 Å². The van der Waals surface area contributed by atoms with Crippen LogP contribution in [0.1, 0.15) is 28.2 Å². The van der Waals surface area contributed by atoms with E-state index in [-0.39, 0.29) is 12.0 Å². The topological polar surface area (TPSA) is 68.5 Å². The summed E-state index contributed by atoms with van der Waals surface area (Å²) in [6, 6.07) is 0. The van der Waals surface area contributed by atoms with E-state index in [0.29, 0.717) is 10.0 Å². The van der Waals surface area contributed by atoms with Crippen LogP contribution in [-0.2, 0) is 4.74 Å². The molecule has 1 aliphatic rings. The molecule has 0 atom stereocenters. The summed E-state index contributed by atoms with van der Waals surface area (Å²) in [5.41, 5.74) is 6.34. The van der Waals surface area contributed by atoms with Crippen molar-refractivity contribution >= 4 is 22.4 Å². The number of hydrogen-bond donors (Lipinski definition) is 1. The summed E-state index contributed by atoms with van der Waals surface area (Å²) in [7, 11) is 1.72. The second kappa shape index (κ2) is 5.01. The first-order chi connectivity index (χ1) is 8.11. The third-order valence-electron chi connectivity index (χ3n) is 3.07. The first kappa shape index (κ1) is 12.3. The number of nitrogen functional groups attached to an aromatic ring is 1. The molecular formula is C11H17N3O2S. The van der Waals surface area contributed by atoms with Crippen molar-refractivity contribution in [3.05, 3.63) is 10.6 Å². The molecule has 5 nitrogen and oxygen atoms in total. The number of ether oxygens (including phenoxy) is 1. The zero-order valence-corrected chi connectivity index (χ0v) is 10.9. The van der Waals surface area contributed by atoms with Crippen LogP contribution in [-0.4, -0.2) is 42.1 Å². The van der Waals surface area contributed by atoms with Gasteiger partial charge in [0.1, 0.15) is 4.88 Å². The maximum atomic E-state index is 12.2. The molecule has 94 valence electrons. The summed E-state index contributed by atoms with van der Waals surface area (Å²) in [5, 5.41) is 0.456. The largest absolute Gasteiger partial charge is 0.381 e. The van der Waals surface area contributed by atoms with Crippen LogP contribution in [0.25, 0.3) is 0 Å². The van der Waals surface area contributed by atoms with Crippen LogP contribution >= 0.6 is 11.3 Å². The van der Waals surface area contributed by atoms with E-state index in [4.69, 9.17) is 10.5 Å². The molecule has 1 fully saturated rings. The Kier molecular flexibility index (Phi) is 3.63. The monoisotopic (exact) mass is 255 g/mol. The first-order valence-electron chi connectivity index (χ1n) is 5.66. The number of thiazole rings is 1. The Morgan fingerprint density at radius 3 is 2.65 bits per heavy atom. The average molecular weight is 255 g/mol. The third kappa shape index (κ3) is 2.58. The maximum absolute atomic E-state index is 12.2. The fraction of sp³-hybridized carbons (Fsp3) is 0.636. The number of carbonyl (C=O) groups is 1. The summed E-state index contributed by atoms with van der Waals surface area (Å²) in [6.45, 7) is 3.31. The molecule has 1 saturated heterocycles. The van der Waals surface area contributed by atoms with E-state index in [0.717, 1.165) is 31.6 Å². The van der Waals surface area contributed by atoms with Crippen LogP contribution in [0.4, 0.5) is 5.13 Å². The number of nitrogens with two attached hydrogens (primary N) is 1. The minimum atomic E-state index is 0.0475. The number of carbonyl (C=O) groups excluding carboxylic acids is 1. The van der Waals surface area contributed by atoms with Crippen molar-refractivity contribution in [3.63, 3.8) is 0 Å². The summed E-state index contributed by atoms with van der Waals surface area (Å²) < 4.78 is 5.29. The molecule has 2 N–H and O–H groups in total. The van der Waals surface area contributed by atoms with Crippen LogP contribution < -0.4 is 5.73 Å². The molecule has 2 heterocycles. The lowest BCUT2D eigenvalue weighted by Crippen LogP contribution is -2.40. The SMILES string of the molecule is COC1CCN(C(=O)c2sc(N)nc2C)CC1. The minimum absolute atomic E-state index is 0.0475. The number of amides is 1. The lowest BCUT2D eigenvalue weighted by atomic mass is 10.1. The van der Waals surface area contributed by atoms with Crippen LogP contribution in [0.3, 0.4) is 0 Å². The van der Waals surface area contributed by atoms with Gasteiger partial charge < -0.3 is 15.4 Å². The number of anilines is 1. The molecular weight excluding hydrogens is 238 g/mol. The van der Waals surface area contributed by atoms with Crippen LogP contribution in [0, 0.1) is 6.92 Å². The molecule has 0 unspecified atom stereocenters. The molecule has 0 aromatic carbocycles. The number of aryl methyl sites for hydroxylation is 1. The summed E-state index contributed by atoms with van der Waals surface area (Å²) >= 11 is 1.27. The number of rotatable bonds is 2. The van der Waals surface area contributed by atoms with Crippen LogP contribution in [0.5, 0.6) is 0 Å². The smallest absolute Gasteiger partial charge is 0.265 e. The molecule has 1 aromatic heterocycles. The highest BCUT2D eigenvalue weighted by atomic mass is 32.1. The minimum Gasteiger partial charge on any atom is -0.381 e. The zero-order valence-electron chi connectivity index (χ0n) is 10.1. The molecule has 1 amide bonds. The Balaban J connectivity index is 2.04. The van der Waals surface area contributed by atoms with Gasteiger partial charge in [-0.25, -0.2) is 4.98 Å². The van der Waals surface area contributed by atoms with E-state index in [1.807, 2.05) is 11.8 Å². The van der Waals surface area contributed by atoms with Gasteiger partial charge in [-0.2, -0.15) is 0 Å². The first-order valence-corrected chi connectivity index (χ1v) is 6.48. The van der Waals surface area contributed by atoms with Gasteiger partial charge in [-0.1, -0.05) is 11.3 Å². The van der Waals surface area contributed by atoms with E-state index in [1.54, 1.807) is 7.11 Å². The van der Waals surface area contributed by atoms with Gasteiger partial charge in [0.15, 0.2) is 5.13 Å². The molecule has 0 saturated carbocycles. The second-order valence-corrected chi connectivity index (χ2v) is 5.22. The van der Waals surface area contributed by atoms with Crippen LogP contribution in [0.15, 0.2) is 0 Å². The van der Waals surface area contributed by atoms with Crippen molar-refractivity contribution in [1.29, 1.82) is 0 Å². The lowest BCUT2D eigenvalue weighted by Gasteiger charge is -2.30. The van der Waals surface area contributed by atoms with Gasteiger partial charge in [0.25, 0.3) is 5.91 Å². The normalized spacial score (nSPS) is 17.4. The maximum Gasteiger partial charge on any atom is 0.265 e. The molecule has 1 aliphatic heterocycles. The summed E-state index contributed by atoms with van der Waals surface area (Å²) in [5.74, 6) is 0.0475. The number of hydrogen-bond acceptors (Lipinski definition) is 5. The van der Waals surface area contributed by atoms with E-state index in [1.165, 1.54) is 11.3 Å². The number of likely N-dealkylation sites (tertiary alicyclic amines) is 1. The molecule has 0 aliphatic carbocycles. The molecule has 17 heavy (non-hydrogen) atoms. The van der Waals surface area contributed by atoms with Gasteiger partial charge in [-0.3, -0.25) is 4.79 Å². The molecule has 0 radical (unpaired) electrons. The highest BCUT2D eigenvalue weighted by Gasteiger charge is 2.25. The Morgan fingerprint density at radius 1 is 1.53 bits per heavy atom. The van der Waals surface area contributed by atoms with E-state index < -0.39 is 0 Å². The highest BCUT2D eigenvalue weighted by Crippen LogP contribution is 2.23. The Labute approximate surface area is 105 Å². The summed E-state index contributed by atoms with van der Waals surface area (Å²) in [4.78, 5) is 18.8. The van der Waals surface area contributed by atoms with E-state index in [2.05, 4.69) is 4.98 Å². The highest BCUT2D eigenvalue weighted by molar-refractivity contribution is 7.17. The van der Waals surface area contributed by atoms with Crippen molar-refractivity contribution in [2.75, 3.05) is 25.9 Å². The number of aromatic nitrogens is 1. The van der Waals surface area contributed by atoms with Gasteiger partial charge >= 0.3 is 0 Å². The van der Waals surface area contributed by atoms with Crippen molar-refractivity contribution in [1.82, 2.24) is 9.88 Å². The van der Waals surface area contributed by atoms with Gasteiger partial charge in [-0.15, -0.1) is 0 Å². The number of nitrogens with zero attached hydrogens (tertiary/aromatic N) is 2. The van der Waals surface area contributed by atoms with Gasteiger partial charge in [-0.05, 0) is 19.8 Å². The third-order valence-corrected chi connectivity index (χ3v) is 4.04. The number of piperidine rings is 1. The predicted molar refractivity (Wildman–Crippen MR) is 67.2 cm³/mol. The van der Waals surface area contributed by atoms with Crippen molar-refractivity contribution in [3.8, 4) is 0 Å². The molecule has 2 rings (SSSR count). The molecule has 1 aromatic rings. The fourth-order valence-corrected chi connectivity index (χ4v) is 2.86. The van der Waals surface area contributed by atoms with Gasteiger partial charge in [0, 0.05) is 20.2 Å². The zero-order chi connectivity index (χ0) is 12.4. The van der Waals surface area contributed by atoms with Crippen molar-refractivity contribution in [2.45, 2.75) is 25.9 Å². The molecule has 0 spiro atoms. The van der Waals surface area contributed by atoms with Gasteiger partial charge in [0.2, 0.25) is 0 Å². The summed E-state index contributed by atoms with van der Waals surface area (Å²) in [6.07, 6.45) is 2.08. The Bertz CT molecular complexity index is 411. The second-order valence-electron chi connectivity index (χ2n) is 4.19. The van der Waals surface area contributed by atoms with E-state index >= 15 is 0 Å². The van der Waals surface area contributed by atoms with Crippen molar-refractivity contribution < 1.29 is 9.53 Å². The molecule has 6 heteroatoms. The standard InChI is InChI=1S/C11H17N3O2S/c1-7-9(17-11(12)13-7)10(15)14-5-3-8(16-2)4-6-14/h8H,3-6H2,1-2H3,(H2,12,13). The van der Waals surface area contributed by atoms with Gasteiger partial charge in [0.05, 0.1) is 11.8 Å². The lowest BCUT2D eigenvalue weighted by molar-refractivity contribution is 0.0353. The van der Waals surface area contributed by atoms with Crippen LogP contribution in [0.2, 0.25) is 0 Å². The molecule has 0 bridgehead atoms. The Hall–Kier alpha value is -1.14. The number of methoxy groups -OCH3 is 1. The Morgan fingerprint density at radius 2 is 2.18 bits per heavy atom. The fourth-order valence-electron chi connectivity index (χ4n) is 2.05. The predicted octanol–water partition coefficient (Wildman–Crippen LogP) is 1.28.